The van der Waals surface area contributed by atoms with Gasteiger partial charge in [0.05, 0.1) is 19.5 Å². The molecule has 2 aromatic heterocycles. The van der Waals surface area contributed by atoms with Crippen LogP contribution in [0.5, 0.6) is 5.75 Å². The molecule has 3 N–H and O–H groups in total. The molecule has 2 heterocycles. The highest BCUT2D eigenvalue weighted by molar-refractivity contribution is 7.52. The minimum Gasteiger partial charge on any atom is -0.465 e. The number of halogens is 3. The van der Waals surface area contributed by atoms with E-state index in [1.807, 2.05) is 0 Å². The van der Waals surface area contributed by atoms with E-state index in [-0.39, 0.29) is 54.3 Å². The minimum atomic E-state index is -4.56. The summed E-state index contributed by atoms with van der Waals surface area (Å²) in [5, 5.41) is 2.67. The van der Waals surface area contributed by atoms with Crippen LogP contribution >= 0.6 is 7.75 Å². The van der Waals surface area contributed by atoms with Gasteiger partial charge in [-0.2, -0.15) is 19.4 Å². The van der Waals surface area contributed by atoms with Crippen LogP contribution in [0.1, 0.15) is 96.0 Å². The van der Waals surface area contributed by atoms with Gasteiger partial charge in [-0.1, -0.05) is 102 Å². The molecule has 4 rings (SSSR count). The van der Waals surface area contributed by atoms with Gasteiger partial charge in [0, 0.05) is 26.1 Å². The number of ether oxygens (including phenoxy) is 2. The number of hydrogen-bond donors (Lipinski definition) is 2. The summed E-state index contributed by atoms with van der Waals surface area (Å²) < 4.78 is 81.8. The molecule has 0 bridgehead atoms. The lowest BCUT2D eigenvalue weighted by atomic mass is 10.0. The fourth-order valence-corrected chi connectivity index (χ4v) is 7.80. The van der Waals surface area contributed by atoms with Crippen LogP contribution in [0.4, 0.5) is 19.0 Å². The fraction of sp³-hybridized carbons (Fsp3) is 0.512. The van der Waals surface area contributed by atoms with Gasteiger partial charge in [-0.3, -0.25) is 9.32 Å². The Labute approximate surface area is 333 Å². The van der Waals surface area contributed by atoms with E-state index in [4.69, 9.17) is 30.7 Å². The van der Waals surface area contributed by atoms with E-state index < -0.39 is 49.7 Å². The maximum Gasteiger partial charge on any atom is 0.459 e. The first-order chi connectivity index (χ1) is 27.5. The summed E-state index contributed by atoms with van der Waals surface area (Å²) in [6.45, 7) is 1.87. The molecule has 0 saturated carbocycles. The largest absolute Gasteiger partial charge is 0.465 e. The highest BCUT2D eigenvalue weighted by Crippen LogP contribution is 2.46. The lowest BCUT2D eigenvalue weighted by Gasteiger charge is -2.30. The van der Waals surface area contributed by atoms with Crippen molar-refractivity contribution >= 4 is 30.7 Å². The maximum atomic E-state index is 14.6. The molecule has 0 spiro atoms. The van der Waals surface area contributed by atoms with Crippen LogP contribution in [-0.4, -0.2) is 57.5 Å². The number of aryl methyl sites for hydroxylation is 1. The molecule has 0 saturated heterocycles. The molecule has 16 heteroatoms. The molecule has 0 aliphatic heterocycles. The summed E-state index contributed by atoms with van der Waals surface area (Å²) in [5.41, 5.74) is 4.68. The number of nitrogen functional groups attached to an aromatic ring is 1. The van der Waals surface area contributed by atoms with Crippen LogP contribution in [0.15, 0.2) is 54.9 Å². The molecule has 57 heavy (non-hydrogen) atoms. The number of nitrogens with two attached hydrogens (primary N) is 1. The fourth-order valence-electron chi connectivity index (χ4n) is 6.26. The highest BCUT2D eigenvalue weighted by Gasteiger charge is 2.39. The molecule has 0 radical (unpaired) electrons. The van der Waals surface area contributed by atoms with Crippen LogP contribution in [0.2, 0.25) is 0 Å². The number of hydrogen-bond acceptors (Lipinski definition) is 10. The topological polar surface area (TPSA) is 153 Å². The van der Waals surface area contributed by atoms with Crippen LogP contribution in [0.25, 0.3) is 11.2 Å². The average Bonchev–Trinajstić information content (AvgIpc) is 3.59. The van der Waals surface area contributed by atoms with Crippen molar-refractivity contribution in [1.29, 1.82) is 0 Å². The zero-order valence-electron chi connectivity index (χ0n) is 32.8. The van der Waals surface area contributed by atoms with E-state index in [1.54, 1.807) is 18.2 Å². The molecular formula is C41H54F3N6O6P. The van der Waals surface area contributed by atoms with Crippen LogP contribution < -0.4 is 15.3 Å². The summed E-state index contributed by atoms with van der Waals surface area (Å²) in [6.07, 6.45) is 19.6. The van der Waals surface area contributed by atoms with Gasteiger partial charge in [0.1, 0.15) is 28.9 Å². The number of imidazole rings is 1. The maximum absolute atomic E-state index is 14.6. The summed E-state index contributed by atoms with van der Waals surface area (Å²) in [4.78, 5) is 25.1. The van der Waals surface area contributed by atoms with Crippen LogP contribution in [-0.2, 0) is 36.3 Å². The standard InChI is InChI=1S/C41H54F3N6O6P/c1-4-6-7-8-9-10-11-12-13-14-15-19-24-54-39(51)35(27-31-25-32(42)28-33(43)26-31)49-57(52,56-34-20-17-16-18-21-34)55-29-41(5-2,53-3)22-23-50-30-46-36-37(45)47-40(44)48-38(36)50/h2,16-18,20-21,25-26,28,30,35H,4,6-15,19,22-24,27,29H2,1,3H3,(H,49,52)(H2,45,47,48)/t35-,41-,57?/m0/s1. The molecule has 12 nitrogen and oxygen atoms in total. The Bertz CT molecular complexity index is 1930. The molecule has 2 aromatic carbocycles. The van der Waals surface area contributed by atoms with Gasteiger partial charge in [0.25, 0.3) is 0 Å². The number of aromatic nitrogens is 4. The smallest absolute Gasteiger partial charge is 0.459 e. The number of unbranched alkanes of at least 4 members (excludes halogenated alkanes) is 11. The van der Waals surface area contributed by atoms with Crippen molar-refractivity contribution in [3.05, 3.63) is 78.1 Å². The Morgan fingerprint density at radius 1 is 0.965 bits per heavy atom. The van der Waals surface area contributed by atoms with E-state index >= 15 is 0 Å². The number of carbonyl (C=O) groups excluding carboxylic acids is 1. The third-order valence-corrected chi connectivity index (χ3v) is 11.1. The summed E-state index contributed by atoms with van der Waals surface area (Å²) in [7, 11) is -3.23. The number of anilines is 1. The number of nitrogens with zero attached hydrogens (tertiary/aromatic N) is 4. The number of fused-ring (bicyclic) bond motifs is 1. The van der Waals surface area contributed by atoms with E-state index in [0.717, 1.165) is 37.8 Å². The number of nitrogens with one attached hydrogen (secondary N) is 1. The lowest BCUT2D eigenvalue weighted by molar-refractivity contribution is -0.146. The number of rotatable bonds is 27. The van der Waals surface area contributed by atoms with Crippen molar-refractivity contribution in [1.82, 2.24) is 24.6 Å². The van der Waals surface area contributed by atoms with Gasteiger partial charge in [-0.05, 0) is 42.7 Å². The predicted octanol–water partition coefficient (Wildman–Crippen LogP) is 8.88. The molecular weight excluding hydrogens is 760 g/mol. The lowest BCUT2D eigenvalue weighted by Crippen LogP contribution is -2.42. The number of carbonyl (C=O) groups is 1. The molecule has 0 aliphatic rings. The molecule has 0 aliphatic carbocycles. The Morgan fingerprint density at radius 3 is 2.21 bits per heavy atom. The van der Waals surface area contributed by atoms with E-state index in [9.17, 15) is 22.5 Å². The Balaban J connectivity index is 1.45. The second-order valence-corrected chi connectivity index (χ2v) is 15.7. The Morgan fingerprint density at radius 2 is 1.60 bits per heavy atom. The van der Waals surface area contributed by atoms with Gasteiger partial charge in [0.2, 0.25) is 0 Å². The molecule has 310 valence electrons. The number of methoxy groups -OCH3 is 1. The Kier molecular flexibility index (Phi) is 18.3. The first-order valence-corrected chi connectivity index (χ1v) is 21.1. The molecule has 4 aromatic rings. The van der Waals surface area contributed by atoms with Crippen molar-refractivity contribution in [3.63, 3.8) is 0 Å². The SMILES string of the molecule is C#C[C@](CCn1cnc2c(N)nc(F)nc21)(COP(=O)(N[C@@H](Cc1cc(F)cc(F)c1)C(=O)OCCCCCCCCCCCCCC)Oc1ccccc1)OC. The minimum absolute atomic E-state index is 0.0232. The van der Waals surface area contributed by atoms with E-state index in [1.165, 1.54) is 75.1 Å². The average molecular weight is 815 g/mol. The first-order valence-electron chi connectivity index (χ1n) is 19.5. The van der Waals surface area contributed by atoms with E-state index in [2.05, 4.69) is 32.9 Å². The van der Waals surface area contributed by atoms with Gasteiger partial charge in [0.15, 0.2) is 17.1 Å². The third-order valence-electron chi connectivity index (χ3n) is 9.51. The third kappa shape index (κ3) is 14.8. The number of para-hydroxylation sites is 1. The van der Waals surface area contributed by atoms with Gasteiger partial charge < -0.3 is 24.3 Å². The van der Waals surface area contributed by atoms with Crippen molar-refractivity contribution < 1.29 is 41.1 Å². The van der Waals surface area contributed by atoms with Gasteiger partial charge >= 0.3 is 19.8 Å². The van der Waals surface area contributed by atoms with Gasteiger partial charge in [-0.25, -0.2) is 18.3 Å². The van der Waals surface area contributed by atoms with Crippen molar-refractivity contribution in [2.75, 3.05) is 26.1 Å². The van der Waals surface area contributed by atoms with Crippen molar-refractivity contribution in [2.24, 2.45) is 0 Å². The molecule has 1 unspecified atom stereocenters. The second-order valence-electron chi connectivity index (χ2n) is 14.0. The molecule has 0 amide bonds. The van der Waals surface area contributed by atoms with Gasteiger partial charge in [-0.15, -0.1) is 6.42 Å². The summed E-state index contributed by atoms with van der Waals surface area (Å²) in [6, 6.07) is 9.48. The van der Waals surface area contributed by atoms with E-state index in [0.29, 0.717) is 12.5 Å². The normalized spacial score (nSPS) is 14.1. The van der Waals surface area contributed by atoms with Crippen LogP contribution in [0.3, 0.4) is 0 Å². The number of terminal acetylenes is 1. The quantitative estimate of drug-likeness (QED) is 0.0195. The molecule has 3 atom stereocenters. The zero-order chi connectivity index (χ0) is 41.1. The summed E-state index contributed by atoms with van der Waals surface area (Å²) >= 11 is 0. The monoisotopic (exact) mass is 814 g/mol. The number of esters is 1. The molecule has 0 fully saturated rings. The Hall–Kier alpha value is -4.48. The van der Waals surface area contributed by atoms with Crippen LogP contribution in [0, 0.1) is 30.1 Å². The zero-order valence-corrected chi connectivity index (χ0v) is 33.7. The predicted molar refractivity (Wildman–Crippen MR) is 213 cm³/mol. The van der Waals surface area contributed by atoms with Crippen molar-refractivity contribution in [2.45, 2.75) is 115 Å². The van der Waals surface area contributed by atoms with Crippen molar-refractivity contribution in [3.8, 4) is 18.1 Å². The first kappa shape index (κ1) is 45.2. The summed E-state index contributed by atoms with van der Waals surface area (Å²) in [5.74, 6) is 0.00517. The second kappa shape index (κ2) is 23.1. The number of benzene rings is 2. The highest BCUT2D eigenvalue weighted by atomic mass is 31.2.